The normalized spacial score (nSPS) is 11.7. The van der Waals surface area contributed by atoms with E-state index in [1.807, 2.05) is 6.07 Å². The molecule has 7 heteroatoms. The Kier molecular flexibility index (Phi) is 3.94. The highest BCUT2D eigenvalue weighted by Crippen LogP contribution is 2.35. The predicted molar refractivity (Wildman–Crippen MR) is 104 cm³/mol. The van der Waals surface area contributed by atoms with Gasteiger partial charge in [0.15, 0.2) is 5.65 Å². The van der Waals surface area contributed by atoms with Gasteiger partial charge in [-0.2, -0.15) is 0 Å². The Hall–Kier alpha value is -2.83. The molecule has 0 radical (unpaired) electrons. The number of anilines is 1. The van der Waals surface area contributed by atoms with Crippen molar-refractivity contribution in [3.05, 3.63) is 78.1 Å². The molecule has 0 atom stereocenters. The van der Waals surface area contributed by atoms with E-state index in [0.29, 0.717) is 21.7 Å². The Morgan fingerprint density at radius 3 is 2.46 bits per heavy atom. The minimum absolute atomic E-state index is 0.204. The lowest BCUT2D eigenvalue weighted by Crippen LogP contribution is -2.12. The lowest BCUT2D eigenvalue weighted by atomic mass is 10.0. The first-order valence-corrected chi connectivity index (χ1v) is 9.62. The fourth-order valence-electron chi connectivity index (χ4n) is 2.90. The van der Waals surface area contributed by atoms with Gasteiger partial charge in [0, 0.05) is 29.0 Å². The Morgan fingerprint density at radius 1 is 0.962 bits per heavy atom. The molecule has 0 bridgehead atoms. The molecule has 0 aliphatic rings. The van der Waals surface area contributed by atoms with Gasteiger partial charge in [0.25, 0.3) is 10.0 Å². The van der Waals surface area contributed by atoms with Crippen LogP contribution in [-0.2, 0) is 10.0 Å². The Balaban J connectivity index is 1.94. The van der Waals surface area contributed by atoms with E-state index in [1.54, 1.807) is 60.8 Å². The average Bonchev–Trinajstić information content (AvgIpc) is 3.08. The lowest BCUT2D eigenvalue weighted by Gasteiger charge is -2.09. The van der Waals surface area contributed by atoms with Crippen LogP contribution in [0.4, 0.5) is 5.69 Å². The van der Waals surface area contributed by atoms with Crippen molar-refractivity contribution < 1.29 is 8.42 Å². The largest absolute Gasteiger partial charge is 0.399 e. The molecule has 4 rings (SSSR count). The molecule has 5 nitrogen and oxygen atoms in total. The zero-order chi connectivity index (χ0) is 18.3. The van der Waals surface area contributed by atoms with Crippen molar-refractivity contribution in [2.24, 2.45) is 0 Å². The topological polar surface area (TPSA) is 78.0 Å². The smallest absolute Gasteiger partial charge is 0.269 e. The van der Waals surface area contributed by atoms with Gasteiger partial charge in [0.1, 0.15) is 0 Å². The molecule has 2 aromatic heterocycles. The third-order valence-corrected chi connectivity index (χ3v) is 6.13. The quantitative estimate of drug-likeness (QED) is 0.538. The summed E-state index contributed by atoms with van der Waals surface area (Å²) in [4.78, 5) is 4.49. The van der Waals surface area contributed by atoms with Gasteiger partial charge in [0.05, 0.1) is 9.92 Å². The predicted octanol–water partition coefficient (Wildman–Crippen LogP) is 4.18. The van der Waals surface area contributed by atoms with Crippen LogP contribution in [-0.4, -0.2) is 17.4 Å². The summed E-state index contributed by atoms with van der Waals surface area (Å²) >= 11 is 6.33. The van der Waals surface area contributed by atoms with Gasteiger partial charge in [-0.25, -0.2) is 17.4 Å². The number of hydrogen-bond acceptors (Lipinski definition) is 4. The number of halogens is 1. The zero-order valence-corrected chi connectivity index (χ0v) is 15.1. The number of nitrogens with zero attached hydrogens (tertiary/aromatic N) is 2. The van der Waals surface area contributed by atoms with E-state index in [-0.39, 0.29) is 4.90 Å². The standard InChI is InChI=1S/C19H14ClN3O2S/c20-18-12-13(21)6-7-16(18)15-8-10-22-19-17(15)9-11-23(19)26(24,25)14-4-2-1-3-5-14/h1-12H,21H2. The van der Waals surface area contributed by atoms with Crippen molar-refractivity contribution in [1.29, 1.82) is 0 Å². The third kappa shape index (κ3) is 2.64. The van der Waals surface area contributed by atoms with E-state index in [4.69, 9.17) is 17.3 Å². The van der Waals surface area contributed by atoms with Gasteiger partial charge >= 0.3 is 0 Å². The maximum atomic E-state index is 12.9. The van der Waals surface area contributed by atoms with E-state index in [2.05, 4.69) is 4.98 Å². The van der Waals surface area contributed by atoms with Gasteiger partial charge in [0.2, 0.25) is 0 Å². The number of fused-ring (bicyclic) bond motifs is 1. The van der Waals surface area contributed by atoms with Crippen LogP contribution < -0.4 is 5.73 Å². The molecule has 0 saturated carbocycles. The summed E-state index contributed by atoms with van der Waals surface area (Å²) < 4.78 is 27.1. The number of rotatable bonds is 3. The van der Waals surface area contributed by atoms with Crippen molar-refractivity contribution in [3.63, 3.8) is 0 Å². The first kappa shape index (κ1) is 16.6. The van der Waals surface area contributed by atoms with Crippen LogP contribution >= 0.6 is 11.6 Å². The number of nitrogens with two attached hydrogens (primary N) is 1. The Bertz CT molecular complexity index is 1220. The molecule has 4 aromatic rings. The molecular formula is C19H14ClN3O2S. The number of aromatic nitrogens is 2. The highest BCUT2D eigenvalue weighted by atomic mass is 35.5. The molecule has 0 unspecified atom stereocenters. The number of nitrogen functional groups attached to an aromatic ring is 1. The van der Waals surface area contributed by atoms with Crippen molar-refractivity contribution in [2.45, 2.75) is 4.90 Å². The van der Waals surface area contributed by atoms with E-state index in [9.17, 15) is 8.42 Å². The molecule has 0 aliphatic heterocycles. The molecule has 2 heterocycles. The minimum atomic E-state index is -3.74. The number of hydrogen-bond donors (Lipinski definition) is 1. The summed E-state index contributed by atoms with van der Waals surface area (Å²) in [6, 6.07) is 17.0. The van der Waals surface area contributed by atoms with Gasteiger partial charge in [-0.15, -0.1) is 0 Å². The molecule has 130 valence electrons. The van der Waals surface area contributed by atoms with E-state index in [1.165, 1.54) is 10.2 Å². The van der Waals surface area contributed by atoms with Gasteiger partial charge in [-0.1, -0.05) is 35.9 Å². The van der Waals surface area contributed by atoms with Crippen LogP contribution in [0.2, 0.25) is 5.02 Å². The SMILES string of the molecule is Nc1ccc(-c2ccnc3c2ccn3S(=O)(=O)c2ccccc2)c(Cl)c1. The Morgan fingerprint density at radius 2 is 1.73 bits per heavy atom. The maximum Gasteiger partial charge on any atom is 0.269 e. The van der Waals surface area contributed by atoms with Crippen molar-refractivity contribution in [3.8, 4) is 11.1 Å². The third-order valence-electron chi connectivity index (χ3n) is 4.14. The van der Waals surface area contributed by atoms with Gasteiger partial charge < -0.3 is 5.73 Å². The summed E-state index contributed by atoms with van der Waals surface area (Å²) in [5, 5.41) is 1.19. The molecule has 0 aliphatic carbocycles. The second kappa shape index (κ2) is 6.16. The van der Waals surface area contributed by atoms with Crippen LogP contribution in [0.15, 0.2) is 78.0 Å². The molecule has 26 heavy (non-hydrogen) atoms. The van der Waals surface area contributed by atoms with Crippen LogP contribution in [0.3, 0.4) is 0 Å². The van der Waals surface area contributed by atoms with Crippen LogP contribution in [0.25, 0.3) is 22.2 Å². The monoisotopic (exact) mass is 383 g/mol. The summed E-state index contributed by atoms with van der Waals surface area (Å²) in [5.41, 5.74) is 8.23. The Labute approximate surface area is 155 Å². The first-order chi connectivity index (χ1) is 12.5. The molecular weight excluding hydrogens is 370 g/mol. The fourth-order valence-corrected chi connectivity index (χ4v) is 4.51. The number of pyridine rings is 1. The molecule has 0 amide bonds. The maximum absolute atomic E-state index is 12.9. The highest BCUT2D eigenvalue weighted by molar-refractivity contribution is 7.90. The fraction of sp³-hybridized carbons (Fsp3) is 0. The van der Waals surface area contributed by atoms with Crippen molar-refractivity contribution >= 4 is 38.3 Å². The second-order valence-electron chi connectivity index (χ2n) is 5.76. The first-order valence-electron chi connectivity index (χ1n) is 7.80. The van der Waals surface area contributed by atoms with Crippen LogP contribution in [0, 0.1) is 0 Å². The average molecular weight is 384 g/mol. The molecule has 0 saturated heterocycles. The van der Waals surface area contributed by atoms with Crippen LogP contribution in [0.1, 0.15) is 0 Å². The summed E-state index contributed by atoms with van der Waals surface area (Å²) in [7, 11) is -3.74. The van der Waals surface area contributed by atoms with E-state index >= 15 is 0 Å². The van der Waals surface area contributed by atoms with E-state index < -0.39 is 10.0 Å². The summed E-state index contributed by atoms with van der Waals surface area (Å²) in [6.07, 6.45) is 3.08. The number of benzene rings is 2. The van der Waals surface area contributed by atoms with Crippen molar-refractivity contribution in [1.82, 2.24) is 8.96 Å². The zero-order valence-electron chi connectivity index (χ0n) is 13.5. The lowest BCUT2D eigenvalue weighted by molar-refractivity contribution is 0.589. The molecule has 2 aromatic carbocycles. The van der Waals surface area contributed by atoms with E-state index in [0.717, 1.165) is 11.1 Å². The second-order valence-corrected chi connectivity index (χ2v) is 7.99. The molecule has 0 fully saturated rings. The minimum Gasteiger partial charge on any atom is -0.399 e. The highest BCUT2D eigenvalue weighted by Gasteiger charge is 2.21. The molecule has 0 spiro atoms. The summed E-state index contributed by atoms with van der Waals surface area (Å²) in [6.45, 7) is 0. The van der Waals surface area contributed by atoms with Crippen LogP contribution in [0.5, 0.6) is 0 Å². The summed E-state index contributed by atoms with van der Waals surface area (Å²) in [5.74, 6) is 0. The van der Waals surface area contributed by atoms with Gasteiger partial charge in [-0.3, -0.25) is 0 Å². The van der Waals surface area contributed by atoms with Gasteiger partial charge in [-0.05, 0) is 42.0 Å². The van der Waals surface area contributed by atoms with Crippen molar-refractivity contribution in [2.75, 3.05) is 5.73 Å². The molecule has 2 N–H and O–H groups in total.